The van der Waals surface area contributed by atoms with Crippen LogP contribution in [0.3, 0.4) is 0 Å². The number of aliphatic carboxylic acids is 1. The van der Waals surface area contributed by atoms with Gasteiger partial charge in [-0.05, 0) is 59.6 Å². The van der Waals surface area contributed by atoms with Crippen LogP contribution < -0.4 is 15.6 Å². The number of aliphatic hydroxyl groups excluding tert-OH is 1. The zero-order valence-corrected chi connectivity index (χ0v) is 20.1. The largest absolute Gasteiger partial charge is 0.479 e. The van der Waals surface area contributed by atoms with Crippen LogP contribution in [0.5, 0.6) is 5.88 Å². The SMILES string of the molecule is Cc1ccc(C(=O)NCC(O)C(=O)O)cc1-n1c(C)nc(OCc2ccc(F)cc2F)c(Br)c1=O. The molecule has 3 rings (SSSR count). The summed E-state index contributed by atoms with van der Waals surface area (Å²) in [6.45, 7) is 2.46. The van der Waals surface area contributed by atoms with E-state index in [2.05, 4.69) is 26.2 Å². The maximum Gasteiger partial charge on any atom is 0.334 e. The highest BCUT2D eigenvalue weighted by Crippen LogP contribution is 2.24. The van der Waals surface area contributed by atoms with Crippen molar-refractivity contribution in [3.63, 3.8) is 0 Å². The lowest BCUT2D eigenvalue weighted by Crippen LogP contribution is -2.36. The van der Waals surface area contributed by atoms with Gasteiger partial charge in [0.05, 0.1) is 12.2 Å². The molecule has 1 unspecified atom stereocenters. The molecule has 0 aliphatic carbocycles. The molecule has 184 valence electrons. The number of carboxylic acid groups (broad SMARTS) is 1. The van der Waals surface area contributed by atoms with Crippen LogP contribution in [0.4, 0.5) is 8.78 Å². The fourth-order valence-electron chi connectivity index (χ4n) is 3.12. The number of aryl methyl sites for hydroxylation is 2. The Morgan fingerprint density at radius 2 is 1.91 bits per heavy atom. The van der Waals surface area contributed by atoms with E-state index in [9.17, 15) is 28.3 Å². The number of amides is 1. The normalized spacial score (nSPS) is 11.7. The number of hydrogen-bond donors (Lipinski definition) is 3. The quantitative estimate of drug-likeness (QED) is 0.392. The smallest absolute Gasteiger partial charge is 0.334 e. The molecule has 2 aromatic carbocycles. The van der Waals surface area contributed by atoms with Gasteiger partial charge in [-0.25, -0.2) is 13.6 Å². The topological polar surface area (TPSA) is 131 Å². The first kappa shape index (κ1) is 26.0. The monoisotopic (exact) mass is 551 g/mol. The van der Waals surface area contributed by atoms with Crippen LogP contribution in [-0.4, -0.2) is 44.3 Å². The molecule has 1 aromatic heterocycles. The summed E-state index contributed by atoms with van der Waals surface area (Å²) in [7, 11) is 0. The van der Waals surface area contributed by atoms with E-state index in [4.69, 9.17) is 9.84 Å². The highest BCUT2D eigenvalue weighted by Gasteiger charge is 2.19. The number of carbonyl (C=O) groups excluding carboxylic acids is 1. The van der Waals surface area contributed by atoms with Gasteiger partial charge in [0.1, 0.15) is 28.5 Å². The molecular formula is C23H20BrF2N3O6. The first-order valence-electron chi connectivity index (χ1n) is 10.2. The second-order valence-electron chi connectivity index (χ2n) is 7.51. The second kappa shape index (κ2) is 10.7. The molecule has 3 N–H and O–H groups in total. The van der Waals surface area contributed by atoms with Crippen molar-refractivity contribution >= 4 is 27.8 Å². The average Bonchev–Trinajstić information content (AvgIpc) is 2.80. The molecule has 12 heteroatoms. The molecule has 0 saturated carbocycles. The van der Waals surface area contributed by atoms with E-state index < -0.39 is 41.7 Å². The summed E-state index contributed by atoms with van der Waals surface area (Å²) in [6.07, 6.45) is -1.76. The van der Waals surface area contributed by atoms with Gasteiger partial charge in [0.25, 0.3) is 11.5 Å². The molecule has 35 heavy (non-hydrogen) atoms. The molecular weight excluding hydrogens is 532 g/mol. The highest BCUT2D eigenvalue weighted by atomic mass is 79.9. The number of rotatable bonds is 8. The predicted molar refractivity (Wildman–Crippen MR) is 124 cm³/mol. The van der Waals surface area contributed by atoms with E-state index >= 15 is 0 Å². The summed E-state index contributed by atoms with van der Waals surface area (Å²) >= 11 is 3.16. The minimum atomic E-state index is -1.76. The van der Waals surface area contributed by atoms with Gasteiger partial charge in [-0.15, -0.1) is 0 Å². The number of nitrogens with one attached hydrogen (secondary N) is 1. The van der Waals surface area contributed by atoms with Gasteiger partial charge in [-0.1, -0.05) is 6.07 Å². The summed E-state index contributed by atoms with van der Waals surface area (Å²) in [6, 6.07) is 7.54. The van der Waals surface area contributed by atoms with Crippen molar-refractivity contribution in [3.8, 4) is 11.6 Å². The van der Waals surface area contributed by atoms with Gasteiger partial charge in [0.15, 0.2) is 6.10 Å². The average molecular weight is 552 g/mol. The molecule has 0 aliphatic heterocycles. The summed E-state index contributed by atoms with van der Waals surface area (Å²) in [5, 5.41) is 20.4. The zero-order chi connectivity index (χ0) is 25.9. The summed E-state index contributed by atoms with van der Waals surface area (Å²) in [5.41, 5.74) is 0.604. The summed E-state index contributed by atoms with van der Waals surface area (Å²) < 4.78 is 33.7. The molecule has 0 radical (unpaired) electrons. The lowest BCUT2D eigenvalue weighted by Gasteiger charge is -2.16. The Morgan fingerprint density at radius 1 is 1.20 bits per heavy atom. The van der Waals surface area contributed by atoms with Crippen molar-refractivity contribution in [3.05, 3.63) is 85.4 Å². The summed E-state index contributed by atoms with van der Waals surface area (Å²) in [5.74, 6) is -3.54. The van der Waals surface area contributed by atoms with Crippen molar-refractivity contribution < 1.29 is 33.3 Å². The Kier molecular flexibility index (Phi) is 7.97. The lowest BCUT2D eigenvalue weighted by atomic mass is 10.1. The van der Waals surface area contributed by atoms with Gasteiger partial charge in [0.2, 0.25) is 5.88 Å². The zero-order valence-electron chi connectivity index (χ0n) is 18.5. The molecule has 9 nitrogen and oxygen atoms in total. The van der Waals surface area contributed by atoms with Crippen LogP contribution in [0.15, 0.2) is 45.7 Å². The first-order valence-corrected chi connectivity index (χ1v) is 10.9. The molecule has 3 aromatic rings. The van der Waals surface area contributed by atoms with Gasteiger partial charge in [-0.2, -0.15) is 4.98 Å². The van der Waals surface area contributed by atoms with Crippen molar-refractivity contribution in [2.75, 3.05) is 6.54 Å². The van der Waals surface area contributed by atoms with Crippen LogP contribution in [0.25, 0.3) is 5.69 Å². The van der Waals surface area contributed by atoms with E-state index in [0.717, 1.165) is 12.1 Å². The molecule has 0 spiro atoms. The Labute approximate surface area is 206 Å². The van der Waals surface area contributed by atoms with E-state index in [0.29, 0.717) is 11.3 Å². The van der Waals surface area contributed by atoms with Crippen LogP contribution in [0.1, 0.15) is 27.3 Å². The Bertz CT molecular complexity index is 1360. The molecule has 0 bridgehead atoms. The third kappa shape index (κ3) is 5.89. The number of hydrogen-bond acceptors (Lipinski definition) is 6. The Morgan fingerprint density at radius 3 is 2.57 bits per heavy atom. The van der Waals surface area contributed by atoms with Gasteiger partial charge < -0.3 is 20.3 Å². The molecule has 0 fully saturated rings. The van der Waals surface area contributed by atoms with E-state index in [1.807, 2.05) is 0 Å². The fourth-order valence-corrected chi connectivity index (χ4v) is 3.50. The first-order chi connectivity index (χ1) is 16.5. The highest BCUT2D eigenvalue weighted by molar-refractivity contribution is 9.10. The Hall–Kier alpha value is -3.64. The number of halogens is 3. The third-order valence-corrected chi connectivity index (χ3v) is 5.68. The van der Waals surface area contributed by atoms with Gasteiger partial charge in [0, 0.05) is 17.2 Å². The molecule has 0 saturated heterocycles. The van der Waals surface area contributed by atoms with E-state index in [-0.39, 0.29) is 33.9 Å². The fraction of sp³-hybridized carbons (Fsp3) is 0.217. The van der Waals surface area contributed by atoms with E-state index in [1.165, 1.54) is 29.7 Å². The third-order valence-electron chi connectivity index (χ3n) is 5.00. The molecule has 1 heterocycles. The van der Waals surface area contributed by atoms with Crippen LogP contribution in [-0.2, 0) is 11.4 Å². The van der Waals surface area contributed by atoms with E-state index in [1.54, 1.807) is 13.0 Å². The molecule has 0 aliphatic rings. The standard InChI is InChI=1S/C23H20BrF2N3O6/c1-11-3-4-13(20(31)27-9-18(30)23(33)34)7-17(11)29-12(2)28-21(19(24)22(29)32)35-10-14-5-6-15(25)8-16(14)26/h3-8,18,30H,9-10H2,1-2H3,(H,27,31)(H,33,34). The minimum absolute atomic E-state index is 0.0514. The van der Waals surface area contributed by atoms with Crippen molar-refractivity contribution in [1.82, 2.24) is 14.9 Å². The number of carboxylic acids is 1. The number of aromatic nitrogens is 2. The van der Waals surface area contributed by atoms with Crippen molar-refractivity contribution in [2.24, 2.45) is 0 Å². The minimum Gasteiger partial charge on any atom is -0.479 e. The maximum absolute atomic E-state index is 13.9. The number of carbonyl (C=O) groups is 2. The lowest BCUT2D eigenvalue weighted by molar-refractivity contribution is -0.146. The number of benzene rings is 2. The molecule has 1 amide bonds. The maximum atomic E-state index is 13.9. The number of nitrogens with zero attached hydrogens (tertiary/aromatic N) is 2. The van der Waals surface area contributed by atoms with Crippen LogP contribution in [0.2, 0.25) is 0 Å². The van der Waals surface area contributed by atoms with Crippen molar-refractivity contribution in [1.29, 1.82) is 0 Å². The predicted octanol–water partition coefficient (Wildman–Crippen LogP) is 2.64. The van der Waals surface area contributed by atoms with Crippen LogP contribution >= 0.6 is 15.9 Å². The Balaban J connectivity index is 1.90. The van der Waals surface area contributed by atoms with Gasteiger partial charge >= 0.3 is 5.97 Å². The van der Waals surface area contributed by atoms with Crippen molar-refractivity contribution in [2.45, 2.75) is 26.6 Å². The second-order valence-corrected chi connectivity index (χ2v) is 8.30. The summed E-state index contributed by atoms with van der Waals surface area (Å²) in [4.78, 5) is 40.5. The number of aliphatic hydroxyl groups is 1. The molecule has 1 atom stereocenters. The number of ether oxygens (including phenoxy) is 1. The van der Waals surface area contributed by atoms with Gasteiger partial charge in [-0.3, -0.25) is 14.2 Å². The van der Waals surface area contributed by atoms with Crippen LogP contribution in [0, 0.1) is 25.5 Å².